The molecule has 1 fully saturated rings. The van der Waals surface area contributed by atoms with Gasteiger partial charge in [0.1, 0.15) is 6.33 Å². The lowest BCUT2D eigenvalue weighted by molar-refractivity contribution is 0.0741. The van der Waals surface area contributed by atoms with E-state index < -0.39 is 0 Å². The number of carbonyl (C=O) groups is 1. The Morgan fingerprint density at radius 1 is 1.17 bits per heavy atom. The Morgan fingerprint density at radius 2 is 1.96 bits per heavy atom. The lowest BCUT2D eigenvalue weighted by Crippen LogP contribution is -2.39. The lowest BCUT2D eigenvalue weighted by atomic mass is 10.1. The first-order valence-corrected chi connectivity index (χ1v) is 8.31. The molecule has 1 aromatic heterocycles. The van der Waals surface area contributed by atoms with Gasteiger partial charge >= 0.3 is 0 Å². The largest absolute Gasteiger partial charge is 0.334 e. The molecule has 3 aromatic rings. The van der Waals surface area contributed by atoms with Crippen LogP contribution in [0.5, 0.6) is 0 Å². The van der Waals surface area contributed by atoms with Gasteiger partial charge in [0, 0.05) is 30.4 Å². The zero-order valence-electron chi connectivity index (χ0n) is 13.4. The van der Waals surface area contributed by atoms with E-state index in [0.717, 1.165) is 36.1 Å². The van der Waals surface area contributed by atoms with Gasteiger partial charge in [0.25, 0.3) is 5.91 Å². The van der Waals surface area contributed by atoms with Crippen molar-refractivity contribution in [1.82, 2.24) is 14.5 Å². The van der Waals surface area contributed by atoms with E-state index in [4.69, 9.17) is 5.73 Å². The fourth-order valence-electron chi connectivity index (χ4n) is 3.44. The third kappa shape index (κ3) is 2.47. The number of hydrogen-bond donors (Lipinski definition) is 1. The van der Waals surface area contributed by atoms with Crippen LogP contribution in [0.2, 0.25) is 0 Å². The number of benzene rings is 2. The standard InChI is InChI=1S/C19H20N4O/c20-12-16-4-3-11-22(16)19(24)14-7-9-15(10-8-14)23-13-21-17-5-1-2-6-18(17)23/h1-2,5-10,13,16H,3-4,11-12,20H2. The van der Waals surface area contributed by atoms with Crippen molar-refractivity contribution < 1.29 is 4.79 Å². The summed E-state index contributed by atoms with van der Waals surface area (Å²) in [6, 6.07) is 15.9. The summed E-state index contributed by atoms with van der Waals surface area (Å²) in [7, 11) is 0. The van der Waals surface area contributed by atoms with Crippen LogP contribution in [0.4, 0.5) is 0 Å². The smallest absolute Gasteiger partial charge is 0.254 e. The summed E-state index contributed by atoms with van der Waals surface area (Å²) in [5.41, 5.74) is 9.50. The fourth-order valence-corrected chi connectivity index (χ4v) is 3.44. The van der Waals surface area contributed by atoms with Crippen LogP contribution in [-0.4, -0.2) is 39.5 Å². The van der Waals surface area contributed by atoms with E-state index in [9.17, 15) is 4.79 Å². The summed E-state index contributed by atoms with van der Waals surface area (Å²) in [6.45, 7) is 1.33. The van der Waals surface area contributed by atoms with Crippen LogP contribution in [0.1, 0.15) is 23.2 Å². The van der Waals surface area contributed by atoms with Crippen LogP contribution in [0, 0.1) is 0 Å². The van der Waals surface area contributed by atoms with Crippen LogP contribution in [0.3, 0.4) is 0 Å². The minimum atomic E-state index is 0.0741. The molecule has 5 heteroatoms. The topological polar surface area (TPSA) is 64.2 Å². The van der Waals surface area contributed by atoms with Gasteiger partial charge in [0.05, 0.1) is 11.0 Å². The van der Waals surface area contributed by atoms with Crippen LogP contribution in [0.25, 0.3) is 16.7 Å². The molecule has 4 rings (SSSR count). The van der Waals surface area contributed by atoms with Gasteiger partial charge in [0.15, 0.2) is 0 Å². The maximum absolute atomic E-state index is 12.7. The molecule has 122 valence electrons. The number of nitrogens with zero attached hydrogens (tertiary/aromatic N) is 3. The van der Waals surface area contributed by atoms with Crippen molar-refractivity contribution in [2.45, 2.75) is 18.9 Å². The van der Waals surface area contributed by atoms with Gasteiger partial charge in [-0.05, 0) is 49.2 Å². The van der Waals surface area contributed by atoms with E-state index in [1.165, 1.54) is 0 Å². The van der Waals surface area contributed by atoms with E-state index in [1.54, 1.807) is 0 Å². The summed E-state index contributed by atoms with van der Waals surface area (Å²) in [5.74, 6) is 0.0741. The van der Waals surface area contributed by atoms with Crippen molar-refractivity contribution in [3.05, 3.63) is 60.4 Å². The van der Waals surface area contributed by atoms with E-state index >= 15 is 0 Å². The van der Waals surface area contributed by atoms with E-state index in [1.807, 2.05) is 64.3 Å². The van der Waals surface area contributed by atoms with E-state index in [2.05, 4.69) is 4.98 Å². The number of rotatable bonds is 3. The van der Waals surface area contributed by atoms with Crippen molar-refractivity contribution in [2.24, 2.45) is 5.73 Å². The summed E-state index contributed by atoms with van der Waals surface area (Å²) in [4.78, 5) is 19.0. The number of aromatic nitrogens is 2. The van der Waals surface area contributed by atoms with Crippen molar-refractivity contribution in [3.63, 3.8) is 0 Å². The maximum Gasteiger partial charge on any atom is 0.254 e. The first-order valence-electron chi connectivity index (χ1n) is 8.31. The highest BCUT2D eigenvalue weighted by atomic mass is 16.2. The summed E-state index contributed by atoms with van der Waals surface area (Å²) >= 11 is 0. The first kappa shape index (κ1) is 14.9. The summed E-state index contributed by atoms with van der Waals surface area (Å²) < 4.78 is 2.03. The number of likely N-dealkylation sites (tertiary alicyclic amines) is 1. The minimum Gasteiger partial charge on any atom is -0.334 e. The molecule has 1 amide bonds. The van der Waals surface area contributed by atoms with Gasteiger partial charge in [-0.1, -0.05) is 12.1 Å². The molecule has 0 radical (unpaired) electrons. The van der Waals surface area contributed by atoms with Gasteiger partial charge in [0.2, 0.25) is 0 Å². The molecule has 1 aliphatic rings. The quantitative estimate of drug-likeness (QED) is 0.807. The second kappa shape index (κ2) is 6.09. The number of hydrogen-bond acceptors (Lipinski definition) is 3. The van der Waals surface area contributed by atoms with Crippen LogP contribution < -0.4 is 5.73 Å². The molecule has 0 saturated carbocycles. The number of nitrogens with two attached hydrogens (primary N) is 1. The normalized spacial score (nSPS) is 17.5. The molecule has 1 unspecified atom stereocenters. The Labute approximate surface area is 140 Å². The molecule has 5 nitrogen and oxygen atoms in total. The predicted molar refractivity (Wildman–Crippen MR) is 94.2 cm³/mol. The van der Waals surface area contributed by atoms with Crippen molar-refractivity contribution in [3.8, 4) is 5.69 Å². The molecule has 2 aromatic carbocycles. The highest BCUT2D eigenvalue weighted by molar-refractivity contribution is 5.95. The van der Waals surface area contributed by atoms with Crippen molar-refractivity contribution >= 4 is 16.9 Å². The monoisotopic (exact) mass is 320 g/mol. The molecule has 1 saturated heterocycles. The second-order valence-electron chi connectivity index (χ2n) is 6.18. The molecule has 0 spiro atoms. The Hall–Kier alpha value is -2.66. The summed E-state index contributed by atoms with van der Waals surface area (Å²) in [6.07, 6.45) is 3.85. The molecule has 1 atom stereocenters. The molecule has 1 aliphatic heterocycles. The Balaban J connectivity index is 1.62. The number of fused-ring (bicyclic) bond motifs is 1. The highest BCUT2D eigenvalue weighted by Crippen LogP contribution is 2.21. The van der Waals surface area contributed by atoms with Gasteiger partial charge in [-0.25, -0.2) is 4.98 Å². The van der Waals surface area contributed by atoms with Gasteiger partial charge < -0.3 is 10.6 Å². The summed E-state index contributed by atoms with van der Waals surface area (Å²) in [5, 5.41) is 0. The zero-order chi connectivity index (χ0) is 16.5. The first-order chi connectivity index (χ1) is 11.8. The SMILES string of the molecule is NCC1CCCN1C(=O)c1ccc(-n2cnc3ccccc32)cc1. The second-order valence-corrected chi connectivity index (χ2v) is 6.18. The lowest BCUT2D eigenvalue weighted by Gasteiger charge is -2.23. The molecule has 24 heavy (non-hydrogen) atoms. The van der Waals surface area contributed by atoms with Crippen LogP contribution >= 0.6 is 0 Å². The van der Waals surface area contributed by atoms with Crippen LogP contribution in [-0.2, 0) is 0 Å². The predicted octanol–water partition coefficient (Wildman–Crippen LogP) is 2.59. The van der Waals surface area contributed by atoms with Gasteiger partial charge in [-0.2, -0.15) is 0 Å². The molecular weight excluding hydrogens is 300 g/mol. The number of carbonyl (C=O) groups excluding carboxylic acids is 1. The van der Waals surface area contributed by atoms with Crippen molar-refractivity contribution in [1.29, 1.82) is 0 Å². The highest BCUT2D eigenvalue weighted by Gasteiger charge is 2.28. The number of imidazole rings is 1. The third-order valence-electron chi connectivity index (χ3n) is 4.76. The van der Waals surface area contributed by atoms with Gasteiger partial charge in [-0.3, -0.25) is 9.36 Å². The number of amides is 1. The fraction of sp³-hybridized carbons (Fsp3) is 0.263. The third-order valence-corrected chi connectivity index (χ3v) is 4.76. The average Bonchev–Trinajstić information content (AvgIpc) is 3.28. The van der Waals surface area contributed by atoms with E-state index in [0.29, 0.717) is 12.1 Å². The van der Waals surface area contributed by atoms with E-state index in [-0.39, 0.29) is 11.9 Å². The van der Waals surface area contributed by atoms with Gasteiger partial charge in [-0.15, -0.1) is 0 Å². The maximum atomic E-state index is 12.7. The Bertz CT molecular complexity index is 868. The zero-order valence-corrected chi connectivity index (χ0v) is 13.4. The number of para-hydroxylation sites is 2. The molecule has 2 heterocycles. The Kier molecular flexibility index (Phi) is 3.78. The molecule has 0 bridgehead atoms. The molecular formula is C19H20N4O. The van der Waals surface area contributed by atoms with Crippen molar-refractivity contribution in [2.75, 3.05) is 13.1 Å². The van der Waals surface area contributed by atoms with Crippen LogP contribution in [0.15, 0.2) is 54.9 Å². The Morgan fingerprint density at radius 3 is 2.75 bits per heavy atom. The average molecular weight is 320 g/mol. The molecule has 0 aliphatic carbocycles. The minimum absolute atomic E-state index is 0.0741. The molecule has 2 N–H and O–H groups in total.